The smallest absolute Gasteiger partial charge is 0.324 e. The van der Waals surface area contributed by atoms with E-state index in [4.69, 9.17) is 17.3 Å². The van der Waals surface area contributed by atoms with E-state index in [1.54, 1.807) is 0 Å². The topological polar surface area (TPSA) is 26.0 Å². The van der Waals surface area contributed by atoms with Crippen LogP contribution in [0, 0.1) is 0 Å². The van der Waals surface area contributed by atoms with Crippen LogP contribution in [-0.2, 0) is 0 Å². The SMILES string of the molecule is NC1(C(c2ccc(Cl)cc2)C(F)(F)F)CC1. The second-order valence-corrected chi connectivity index (χ2v) is 4.70. The quantitative estimate of drug-likeness (QED) is 0.853. The normalized spacial score (nSPS) is 20.6. The van der Waals surface area contributed by atoms with Gasteiger partial charge in [0.05, 0.1) is 5.92 Å². The first-order valence-electron chi connectivity index (χ1n) is 4.94. The van der Waals surface area contributed by atoms with E-state index in [0.29, 0.717) is 17.9 Å². The Labute approximate surface area is 96.4 Å². The Morgan fingerprint density at radius 3 is 2.06 bits per heavy atom. The van der Waals surface area contributed by atoms with Crippen LogP contribution in [0.15, 0.2) is 24.3 Å². The predicted octanol–water partition coefficient (Wildman–Crippen LogP) is 3.48. The first kappa shape index (κ1) is 11.7. The predicted molar refractivity (Wildman–Crippen MR) is 56.4 cm³/mol. The first-order chi connectivity index (χ1) is 7.33. The summed E-state index contributed by atoms with van der Waals surface area (Å²) in [4.78, 5) is 0. The van der Waals surface area contributed by atoms with Crippen molar-refractivity contribution < 1.29 is 13.2 Å². The maximum Gasteiger partial charge on any atom is 0.397 e. The second kappa shape index (κ2) is 3.64. The van der Waals surface area contributed by atoms with Crippen LogP contribution in [0.1, 0.15) is 24.3 Å². The van der Waals surface area contributed by atoms with Crippen molar-refractivity contribution in [2.24, 2.45) is 5.73 Å². The van der Waals surface area contributed by atoms with E-state index < -0.39 is 17.6 Å². The summed E-state index contributed by atoms with van der Waals surface area (Å²) in [5, 5.41) is 0.423. The minimum atomic E-state index is -4.31. The van der Waals surface area contributed by atoms with E-state index in [2.05, 4.69) is 0 Å². The van der Waals surface area contributed by atoms with Crippen LogP contribution in [-0.4, -0.2) is 11.7 Å². The molecule has 1 aromatic rings. The van der Waals surface area contributed by atoms with Gasteiger partial charge in [-0.25, -0.2) is 0 Å². The van der Waals surface area contributed by atoms with Gasteiger partial charge in [-0.15, -0.1) is 0 Å². The highest BCUT2D eigenvalue weighted by Crippen LogP contribution is 2.52. The van der Waals surface area contributed by atoms with Crippen molar-refractivity contribution in [3.8, 4) is 0 Å². The molecule has 5 heteroatoms. The van der Waals surface area contributed by atoms with E-state index in [-0.39, 0.29) is 5.56 Å². The summed E-state index contributed by atoms with van der Waals surface area (Å²) >= 11 is 5.65. The molecule has 1 aliphatic carbocycles. The third-order valence-corrected chi connectivity index (χ3v) is 3.18. The Morgan fingerprint density at radius 1 is 1.19 bits per heavy atom. The van der Waals surface area contributed by atoms with Gasteiger partial charge in [-0.2, -0.15) is 13.2 Å². The maximum absolute atomic E-state index is 12.9. The average molecular weight is 250 g/mol. The fourth-order valence-corrected chi connectivity index (χ4v) is 2.06. The van der Waals surface area contributed by atoms with Gasteiger partial charge >= 0.3 is 6.18 Å². The lowest BCUT2D eigenvalue weighted by molar-refractivity contribution is -0.157. The fourth-order valence-electron chi connectivity index (χ4n) is 1.94. The molecule has 1 unspecified atom stereocenters. The first-order valence-corrected chi connectivity index (χ1v) is 5.32. The summed E-state index contributed by atoms with van der Waals surface area (Å²) in [6.45, 7) is 0. The van der Waals surface area contributed by atoms with Crippen molar-refractivity contribution in [3.05, 3.63) is 34.9 Å². The molecule has 0 amide bonds. The lowest BCUT2D eigenvalue weighted by Gasteiger charge is -2.26. The molecule has 1 aromatic carbocycles. The number of rotatable bonds is 2. The van der Waals surface area contributed by atoms with Crippen molar-refractivity contribution in [3.63, 3.8) is 0 Å². The number of benzene rings is 1. The van der Waals surface area contributed by atoms with E-state index in [1.807, 2.05) is 0 Å². The molecule has 0 heterocycles. The molecular weight excluding hydrogens is 239 g/mol. The summed E-state index contributed by atoms with van der Waals surface area (Å²) in [6.07, 6.45) is -3.47. The minimum Gasteiger partial charge on any atom is -0.324 e. The van der Waals surface area contributed by atoms with Gasteiger partial charge in [0.25, 0.3) is 0 Å². The molecule has 1 fully saturated rings. The zero-order chi connectivity index (χ0) is 12.0. The standard InChI is InChI=1S/C11H11ClF3N/c12-8-3-1-7(2-4-8)9(11(13,14)15)10(16)5-6-10/h1-4,9H,5-6,16H2. The molecule has 1 aliphatic rings. The Balaban J connectivity index is 2.36. The summed E-state index contributed by atoms with van der Waals surface area (Å²) in [7, 11) is 0. The average Bonchev–Trinajstić information content (AvgIpc) is 2.86. The van der Waals surface area contributed by atoms with E-state index in [1.165, 1.54) is 24.3 Å². The van der Waals surface area contributed by atoms with Gasteiger partial charge in [-0.05, 0) is 30.5 Å². The van der Waals surface area contributed by atoms with Gasteiger partial charge in [-0.1, -0.05) is 23.7 Å². The molecule has 0 aromatic heterocycles. The number of hydrogen-bond acceptors (Lipinski definition) is 1. The number of hydrogen-bond donors (Lipinski definition) is 1. The zero-order valence-electron chi connectivity index (χ0n) is 8.39. The Hall–Kier alpha value is -0.740. The van der Waals surface area contributed by atoms with Gasteiger partial charge in [0.2, 0.25) is 0 Å². The molecule has 0 bridgehead atoms. The van der Waals surface area contributed by atoms with Crippen LogP contribution in [0.5, 0.6) is 0 Å². The van der Waals surface area contributed by atoms with E-state index >= 15 is 0 Å². The molecule has 88 valence electrons. The molecule has 0 saturated heterocycles. The largest absolute Gasteiger partial charge is 0.397 e. The summed E-state index contributed by atoms with van der Waals surface area (Å²) < 4.78 is 38.8. The molecule has 2 rings (SSSR count). The van der Waals surface area contributed by atoms with Crippen LogP contribution in [0.2, 0.25) is 5.02 Å². The zero-order valence-corrected chi connectivity index (χ0v) is 9.15. The lowest BCUT2D eigenvalue weighted by atomic mass is 9.89. The highest BCUT2D eigenvalue weighted by molar-refractivity contribution is 6.30. The molecule has 0 radical (unpaired) electrons. The van der Waals surface area contributed by atoms with Crippen molar-refractivity contribution in [2.45, 2.75) is 30.5 Å². The maximum atomic E-state index is 12.9. The Morgan fingerprint density at radius 2 is 1.69 bits per heavy atom. The van der Waals surface area contributed by atoms with E-state index in [0.717, 1.165) is 0 Å². The third kappa shape index (κ3) is 2.18. The van der Waals surface area contributed by atoms with Gasteiger partial charge < -0.3 is 5.73 Å². The van der Waals surface area contributed by atoms with Gasteiger partial charge in [0.1, 0.15) is 0 Å². The van der Waals surface area contributed by atoms with Crippen LogP contribution in [0.4, 0.5) is 13.2 Å². The molecular formula is C11H11ClF3N. The number of alkyl halides is 3. The second-order valence-electron chi connectivity index (χ2n) is 4.26. The lowest BCUT2D eigenvalue weighted by Crippen LogP contribution is -2.40. The monoisotopic (exact) mass is 249 g/mol. The highest BCUT2D eigenvalue weighted by Gasteiger charge is 2.58. The van der Waals surface area contributed by atoms with Crippen LogP contribution in [0.25, 0.3) is 0 Å². The summed E-state index contributed by atoms with van der Waals surface area (Å²) in [5.74, 6) is -1.59. The van der Waals surface area contributed by atoms with E-state index in [9.17, 15) is 13.2 Å². The van der Waals surface area contributed by atoms with Crippen LogP contribution in [0.3, 0.4) is 0 Å². The fraction of sp³-hybridized carbons (Fsp3) is 0.455. The van der Waals surface area contributed by atoms with Crippen molar-refractivity contribution >= 4 is 11.6 Å². The molecule has 2 N–H and O–H groups in total. The molecule has 1 saturated carbocycles. The summed E-state index contributed by atoms with van der Waals surface area (Å²) in [5.41, 5.74) is 4.77. The Bertz CT molecular complexity index is 376. The molecule has 1 atom stereocenters. The molecule has 0 aliphatic heterocycles. The molecule has 16 heavy (non-hydrogen) atoms. The summed E-state index contributed by atoms with van der Waals surface area (Å²) in [6, 6.07) is 5.71. The molecule has 0 spiro atoms. The van der Waals surface area contributed by atoms with Gasteiger partial charge in [0, 0.05) is 10.6 Å². The highest BCUT2D eigenvalue weighted by atomic mass is 35.5. The van der Waals surface area contributed by atoms with Crippen molar-refractivity contribution in [1.82, 2.24) is 0 Å². The Kier molecular flexibility index (Phi) is 2.67. The molecule has 1 nitrogen and oxygen atoms in total. The van der Waals surface area contributed by atoms with Crippen molar-refractivity contribution in [2.75, 3.05) is 0 Å². The third-order valence-electron chi connectivity index (χ3n) is 2.93. The van der Waals surface area contributed by atoms with Crippen LogP contribution >= 0.6 is 11.6 Å². The number of nitrogens with two attached hydrogens (primary N) is 1. The van der Waals surface area contributed by atoms with Crippen molar-refractivity contribution in [1.29, 1.82) is 0 Å². The minimum absolute atomic E-state index is 0.192. The van der Waals surface area contributed by atoms with Gasteiger partial charge in [-0.3, -0.25) is 0 Å². The van der Waals surface area contributed by atoms with Gasteiger partial charge in [0.15, 0.2) is 0 Å². The van der Waals surface area contributed by atoms with Crippen LogP contribution < -0.4 is 5.73 Å². The number of halogens is 4.